The van der Waals surface area contributed by atoms with E-state index >= 15 is 0 Å². The van der Waals surface area contributed by atoms with E-state index in [9.17, 15) is 0 Å². The summed E-state index contributed by atoms with van der Waals surface area (Å²) in [5, 5.41) is 3.32. The van der Waals surface area contributed by atoms with Crippen LogP contribution in [0.25, 0.3) is 0 Å². The lowest BCUT2D eigenvalue weighted by Gasteiger charge is -2.17. The molecule has 90 valence electrons. The number of hydrogen-bond donors (Lipinski definition) is 2. The highest BCUT2D eigenvalue weighted by Gasteiger charge is 2.05. The number of nitrogens with two attached hydrogens (primary N) is 1. The zero-order chi connectivity index (χ0) is 12.0. The van der Waals surface area contributed by atoms with Gasteiger partial charge in [-0.25, -0.2) is 0 Å². The Bertz CT molecular complexity index is 313. The van der Waals surface area contributed by atoms with Gasteiger partial charge in [0.05, 0.1) is 11.8 Å². The molecule has 0 aliphatic carbocycles. The summed E-state index contributed by atoms with van der Waals surface area (Å²) < 4.78 is 5.71. The van der Waals surface area contributed by atoms with Crippen molar-refractivity contribution >= 4 is 5.69 Å². The van der Waals surface area contributed by atoms with E-state index in [2.05, 4.69) is 12.2 Å². The van der Waals surface area contributed by atoms with Gasteiger partial charge in [0.2, 0.25) is 0 Å². The fraction of sp³-hybridized carbons (Fsp3) is 0.538. The molecule has 3 nitrogen and oxygen atoms in total. The maximum absolute atomic E-state index is 5.87. The van der Waals surface area contributed by atoms with E-state index in [1.165, 1.54) is 0 Å². The summed E-state index contributed by atoms with van der Waals surface area (Å²) in [6.07, 6.45) is 1.16. The maximum Gasteiger partial charge on any atom is 0.142 e. The molecule has 0 fully saturated rings. The average Bonchev–Trinajstić information content (AvgIpc) is 2.26. The lowest BCUT2D eigenvalue weighted by Crippen LogP contribution is -2.28. The van der Waals surface area contributed by atoms with Crippen LogP contribution in [0.3, 0.4) is 0 Å². The second kappa shape index (κ2) is 6.38. The summed E-state index contributed by atoms with van der Waals surface area (Å²) >= 11 is 0. The number of para-hydroxylation sites is 2. The molecule has 16 heavy (non-hydrogen) atoms. The molecule has 1 rings (SSSR count). The van der Waals surface area contributed by atoms with Crippen molar-refractivity contribution in [1.29, 1.82) is 0 Å². The summed E-state index contributed by atoms with van der Waals surface area (Å²) in [4.78, 5) is 0. The van der Waals surface area contributed by atoms with E-state index in [0.29, 0.717) is 0 Å². The Morgan fingerprint density at radius 2 is 2.00 bits per heavy atom. The van der Waals surface area contributed by atoms with Gasteiger partial charge in [0, 0.05) is 12.6 Å². The quantitative estimate of drug-likeness (QED) is 0.778. The number of benzene rings is 1. The maximum atomic E-state index is 5.87. The molecule has 0 heterocycles. The summed E-state index contributed by atoms with van der Waals surface area (Å²) in [7, 11) is 0. The molecular formula is C13H22N2O. The minimum Gasteiger partial charge on any atom is -0.489 e. The lowest BCUT2D eigenvalue weighted by atomic mass is 10.2. The highest BCUT2D eigenvalue weighted by atomic mass is 16.5. The van der Waals surface area contributed by atoms with Crippen molar-refractivity contribution in [2.45, 2.75) is 39.3 Å². The van der Waals surface area contributed by atoms with Gasteiger partial charge in [0.15, 0.2) is 0 Å². The second-order valence-corrected chi connectivity index (χ2v) is 4.21. The van der Waals surface area contributed by atoms with Crippen LogP contribution >= 0.6 is 0 Å². The van der Waals surface area contributed by atoms with Crippen molar-refractivity contribution in [2.75, 3.05) is 11.9 Å². The molecule has 1 atom stereocenters. The van der Waals surface area contributed by atoms with E-state index in [-0.39, 0.29) is 12.1 Å². The van der Waals surface area contributed by atoms with E-state index in [4.69, 9.17) is 10.5 Å². The third-order valence-corrected chi connectivity index (χ3v) is 2.33. The fourth-order valence-electron chi connectivity index (χ4n) is 1.35. The Labute approximate surface area is 98.0 Å². The SMILES string of the molecule is CCC(N)CNc1ccccc1OC(C)C. The Balaban J connectivity index is 2.63. The molecule has 0 aromatic heterocycles. The number of ether oxygens (including phenoxy) is 1. The van der Waals surface area contributed by atoms with Crippen LogP contribution in [0.2, 0.25) is 0 Å². The number of nitrogens with one attached hydrogen (secondary N) is 1. The van der Waals surface area contributed by atoms with E-state index in [1.54, 1.807) is 0 Å². The van der Waals surface area contributed by atoms with Crippen LogP contribution in [0.1, 0.15) is 27.2 Å². The van der Waals surface area contributed by atoms with Crippen molar-refractivity contribution in [3.05, 3.63) is 24.3 Å². The van der Waals surface area contributed by atoms with Crippen LogP contribution in [0.15, 0.2) is 24.3 Å². The summed E-state index contributed by atoms with van der Waals surface area (Å²) in [5.41, 5.74) is 6.88. The molecule has 1 unspecified atom stereocenters. The number of hydrogen-bond acceptors (Lipinski definition) is 3. The van der Waals surface area contributed by atoms with Gasteiger partial charge in [-0.1, -0.05) is 19.1 Å². The highest BCUT2D eigenvalue weighted by molar-refractivity contribution is 5.56. The molecule has 3 N–H and O–H groups in total. The topological polar surface area (TPSA) is 47.3 Å². The number of anilines is 1. The van der Waals surface area contributed by atoms with Gasteiger partial charge in [0.25, 0.3) is 0 Å². The third-order valence-electron chi connectivity index (χ3n) is 2.33. The standard InChI is InChI=1S/C13H22N2O/c1-4-11(14)9-15-12-7-5-6-8-13(12)16-10(2)3/h5-8,10-11,15H,4,9,14H2,1-3H3. The van der Waals surface area contributed by atoms with Crippen LogP contribution < -0.4 is 15.8 Å². The fourth-order valence-corrected chi connectivity index (χ4v) is 1.35. The molecule has 1 aromatic rings. The molecular weight excluding hydrogens is 200 g/mol. The Kier molecular flexibility index (Phi) is 5.12. The van der Waals surface area contributed by atoms with Gasteiger partial charge in [0.1, 0.15) is 5.75 Å². The highest BCUT2D eigenvalue weighted by Crippen LogP contribution is 2.24. The average molecular weight is 222 g/mol. The summed E-state index contributed by atoms with van der Waals surface area (Å²) in [6, 6.07) is 8.14. The largest absolute Gasteiger partial charge is 0.489 e. The van der Waals surface area contributed by atoms with Crippen LogP contribution in [0.5, 0.6) is 5.75 Å². The van der Waals surface area contributed by atoms with E-state index in [1.807, 2.05) is 38.1 Å². The smallest absolute Gasteiger partial charge is 0.142 e. The van der Waals surface area contributed by atoms with E-state index in [0.717, 1.165) is 24.4 Å². The molecule has 0 bridgehead atoms. The van der Waals surface area contributed by atoms with Crippen LogP contribution in [0.4, 0.5) is 5.69 Å². The summed E-state index contributed by atoms with van der Waals surface area (Å²) in [5.74, 6) is 0.890. The molecule has 0 spiro atoms. The summed E-state index contributed by atoms with van der Waals surface area (Å²) in [6.45, 7) is 6.90. The first-order valence-corrected chi connectivity index (χ1v) is 5.88. The Morgan fingerprint density at radius 1 is 1.31 bits per heavy atom. The predicted molar refractivity (Wildman–Crippen MR) is 69.0 cm³/mol. The van der Waals surface area contributed by atoms with E-state index < -0.39 is 0 Å². The molecule has 0 saturated heterocycles. The van der Waals surface area contributed by atoms with Crippen molar-refractivity contribution in [3.8, 4) is 5.75 Å². The van der Waals surface area contributed by atoms with Gasteiger partial charge < -0.3 is 15.8 Å². The molecule has 3 heteroatoms. The molecule has 0 radical (unpaired) electrons. The predicted octanol–water partition coefficient (Wildman–Crippen LogP) is 2.62. The molecule has 0 amide bonds. The minimum atomic E-state index is 0.183. The van der Waals surface area contributed by atoms with Gasteiger partial charge in [-0.15, -0.1) is 0 Å². The van der Waals surface area contributed by atoms with Gasteiger partial charge in [-0.05, 0) is 32.4 Å². The van der Waals surface area contributed by atoms with Gasteiger partial charge >= 0.3 is 0 Å². The van der Waals surface area contributed by atoms with Crippen molar-refractivity contribution in [2.24, 2.45) is 5.73 Å². The van der Waals surface area contributed by atoms with Gasteiger partial charge in [-0.3, -0.25) is 0 Å². The third kappa shape index (κ3) is 4.11. The minimum absolute atomic E-state index is 0.183. The molecule has 0 saturated carbocycles. The molecule has 0 aliphatic rings. The lowest BCUT2D eigenvalue weighted by molar-refractivity contribution is 0.243. The normalized spacial score (nSPS) is 12.6. The Morgan fingerprint density at radius 3 is 2.62 bits per heavy atom. The first-order valence-electron chi connectivity index (χ1n) is 5.88. The first kappa shape index (κ1) is 12.8. The zero-order valence-corrected chi connectivity index (χ0v) is 10.4. The monoisotopic (exact) mass is 222 g/mol. The Hall–Kier alpha value is -1.22. The van der Waals surface area contributed by atoms with Crippen LogP contribution in [-0.4, -0.2) is 18.7 Å². The zero-order valence-electron chi connectivity index (χ0n) is 10.4. The van der Waals surface area contributed by atoms with Crippen molar-refractivity contribution in [1.82, 2.24) is 0 Å². The second-order valence-electron chi connectivity index (χ2n) is 4.21. The van der Waals surface area contributed by atoms with Crippen molar-refractivity contribution < 1.29 is 4.74 Å². The number of rotatable bonds is 6. The van der Waals surface area contributed by atoms with Crippen LogP contribution in [-0.2, 0) is 0 Å². The molecule has 1 aromatic carbocycles. The van der Waals surface area contributed by atoms with Crippen LogP contribution in [0, 0.1) is 0 Å². The first-order chi connectivity index (χ1) is 7.63. The van der Waals surface area contributed by atoms with Gasteiger partial charge in [-0.2, -0.15) is 0 Å². The van der Waals surface area contributed by atoms with Crippen molar-refractivity contribution in [3.63, 3.8) is 0 Å². The molecule has 0 aliphatic heterocycles.